The van der Waals surface area contributed by atoms with Crippen LogP contribution >= 0.6 is 11.3 Å². The first-order valence-electron chi connectivity index (χ1n) is 6.94. The molecule has 2 N–H and O–H groups in total. The number of ether oxygens (including phenoxy) is 2. The van der Waals surface area contributed by atoms with E-state index in [9.17, 15) is 0 Å². The molecule has 0 aliphatic carbocycles. The second kappa shape index (κ2) is 6.91. The van der Waals surface area contributed by atoms with Gasteiger partial charge in [0.2, 0.25) is 0 Å². The van der Waals surface area contributed by atoms with Gasteiger partial charge < -0.3 is 15.2 Å². The maximum absolute atomic E-state index is 5.95. The van der Waals surface area contributed by atoms with Gasteiger partial charge in [-0.2, -0.15) is 0 Å². The van der Waals surface area contributed by atoms with E-state index in [1.54, 1.807) is 25.6 Å². The molecule has 0 amide bonds. The number of aryl methyl sites for hydroxylation is 2. The third-order valence-corrected chi connectivity index (χ3v) is 4.84. The van der Waals surface area contributed by atoms with E-state index in [4.69, 9.17) is 15.2 Å². The molecule has 0 aliphatic heterocycles. The Morgan fingerprint density at radius 2 is 1.90 bits per heavy atom. The van der Waals surface area contributed by atoms with Crippen LogP contribution in [0.1, 0.15) is 27.1 Å². The fraction of sp³-hybridized carbons (Fsp3) is 0.438. The second-order valence-electron chi connectivity index (χ2n) is 5.02. The molecule has 0 saturated heterocycles. The van der Waals surface area contributed by atoms with Crippen molar-refractivity contribution in [3.63, 3.8) is 0 Å². The molecule has 2 rings (SSSR count). The van der Waals surface area contributed by atoms with E-state index in [1.165, 1.54) is 10.4 Å². The van der Waals surface area contributed by atoms with Crippen LogP contribution < -0.4 is 15.2 Å². The number of methoxy groups -OCH3 is 2. The van der Waals surface area contributed by atoms with Crippen LogP contribution in [0.2, 0.25) is 0 Å². The molecular weight excluding hydrogens is 284 g/mol. The molecule has 1 unspecified atom stereocenters. The summed E-state index contributed by atoms with van der Waals surface area (Å²) in [5.74, 6) is 1.73. The van der Waals surface area contributed by atoms with Gasteiger partial charge in [0.25, 0.3) is 0 Å². The molecule has 1 atom stereocenters. The van der Waals surface area contributed by atoms with Crippen molar-refractivity contribution in [2.45, 2.75) is 26.2 Å². The van der Waals surface area contributed by atoms with Gasteiger partial charge in [0.15, 0.2) is 11.5 Å². The summed E-state index contributed by atoms with van der Waals surface area (Å²) >= 11 is 1.74. The lowest BCUT2D eigenvalue weighted by atomic mass is 9.99. The zero-order valence-electron chi connectivity index (χ0n) is 13.0. The molecule has 1 aromatic heterocycles. The molecule has 0 aliphatic rings. The van der Waals surface area contributed by atoms with E-state index in [1.807, 2.05) is 19.1 Å². The molecule has 0 bridgehead atoms. The lowest BCUT2D eigenvalue weighted by molar-refractivity contribution is 0.354. The Morgan fingerprint density at radius 1 is 1.19 bits per heavy atom. The van der Waals surface area contributed by atoms with E-state index >= 15 is 0 Å². The fourth-order valence-electron chi connectivity index (χ4n) is 2.24. The van der Waals surface area contributed by atoms with Crippen LogP contribution in [0, 0.1) is 13.8 Å². The third kappa shape index (κ3) is 3.54. The lowest BCUT2D eigenvalue weighted by Gasteiger charge is -2.14. The van der Waals surface area contributed by atoms with E-state index in [2.05, 4.69) is 18.0 Å². The van der Waals surface area contributed by atoms with Gasteiger partial charge >= 0.3 is 0 Å². The van der Waals surface area contributed by atoms with Gasteiger partial charge in [-0.05, 0) is 38.0 Å². The Kier molecular flexibility index (Phi) is 5.20. The molecule has 1 heterocycles. The van der Waals surface area contributed by atoms with Gasteiger partial charge in [-0.3, -0.25) is 0 Å². The molecule has 4 nitrogen and oxygen atoms in total. The molecule has 0 spiro atoms. The van der Waals surface area contributed by atoms with Gasteiger partial charge in [-0.15, -0.1) is 11.3 Å². The number of aromatic nitrogens is 1. The van der Waals surface area contributed by atoms with E-state index in [0.717, 1.165) is 28.6 Å². The predicted molar refractivity (Wildman–Crippen MR) is 86.6 cm³/mol. The first kappa shape index (κ1) is 15.8. The highest BCUT2D eigenvalue weighted by Gasteiger charge is 2.17. The van der Waals surface area contributed by atoms with Crippen LogP contribution in [0.25, 0.3) is 0 Å². The minimum atomic E-state index is 0.237. The molecule has 0 saturated carbocycles. The zero-order valence-corrected chi connectivity index (χ0v) is 13.8. The summed E-state index contributed by atoms with van der Waals surface area (Å²) in [5.41, 5.74) is 8.22. The number of rotatable bonds is 6. The molecule has 1 aromatic carbocycles. The number of thiazole rings is 1. The summed E-state index contributed by atoms with van der Waals surface area (Å²) < 4.78 is 10.6. The highest BCUT2D eigenvalue weighted by atomic mass is 32.1. The van der Waals surface area contributed by atoms with Crippen molar-refractivity contribution in [1.29, 1.82) is 0 Å². The van der Waals surface area contributed by atoms with E-state index in [0.29, 0.717) is 6.54 Å². The lowest BCUT2D eigenvalue weighted by Crippen LogP contribution is -2.15. The molecule has 114 valence electrons. The molecule has 21 heavy (non-hydrogen) atoms. The van der Waals surface area contributed by atoms with E-state index in [-0.39, 0.29) is 5.92 Å². The van der Waals surface area contributed by atoms with Gasteiger partial charge in [-0.25, -0.2) is 4.98 Å². The summed E-state index contributed by atoms with van der Waals surface area (Å²) in [4.78, 5) is 5.90. The average Bonchev–Trinajstić information content (AvgIpc) is 2.83. The van der Waals surface area contributed by atoms with Crippen molar-refractivity contribution in [3.8, 4) is 11.5 Å². The Bertz CT molecular complexity index is 591. The molecule has 0 radical (unpaired) electrons. The molecule has 5 heteroatoms. The number of hydrogen-bond acceptors (Lipinski definition) is 5. The van der Waals surface area contributed by atoms with Crippen molar-refractivity contribution >= 4 is 11.3 Å². The smallest absolute Gasteiger partial charge is 0.160 e. The van der Waals surface area contributed by atoms with Crippen LogP contribution in [-0.2, 0) is 6.42 Å². The van der Waals surface area contributed by atoms with Crippen LogP contribution in [0.3, 0.4) is 0 Å². The largest absolute Gasteiger partial charge is 0.493 e. The van der Waals surface area contributed by atoms with Crippen LogP contribution in [-0.4, -0.2) is 25.7 Å². The number of benzene rings is 1. The monoisotopic (exact) mass is 306 g/mol. The SMILES string of the molecule is COc1ccc(CC(CN)c2nc(C)c(C)s2)cc1OC. The zero-order chi connectivity index (χ0) is 15.4. The van der Waals surface area contributed by atoms with Crippen molar-refractivity contribution in [3.05, 3.63) is 39.3 Å². The first-order valence-corrected chi connectivity index (χ1v) is 7.75. The topological polar surface area (TPSA) is 57.4 Å². The Morgan fingerprint density at radius 3 is 2.43 bits per heavy atom. The number of hydrogen-bond donors (Lipinski definition) is 1. The Hall–Kier alpha value is -1.59. The standard InChI is InChI=1S/C16H22N2O2S/c1-10-11(2)21-16(18-10)13(9-17)7-12-5-6-14(19-3)15(8-12)20-4/h5-6,8,13H,7,9,17H2,1-4H3. The maximum atomic E-state index is 5.95. The number of nitrogens with zero attached hydrogens (tertiary/aromatic N) is 1. The quantitative estimate of drug-likeness (QED) is 0.891. The highest BCUT2D eigenvalue weighted by Crippen LogP contribution is 2.31. The van der Waals surface area contributed by atoms with Gasteiger partial charge in [0, 0.05) is 17.3 Å². The van der Waals surface area contributed by atoms with Crippen molar-refractivity contribution in [1.82, 2.24) is 4.98 Å². The maximum Gasteiger partial charge on any atom is 0.160 e. The summed E-state index contributed by atoms with van der Waals surface area (Å²) in [6.07, 6.45) is 0.850. The molecule has 0 fully saturated rings. The summed E-state index contributed by atoms with van der Waals surface area (Å²) in [7, 11) is 3.29. The van der Waals surface area contributed by atoms with Crippen LogP contribution in [0.15, 0.2) is 18.2 Å². The van der Waals surface area contributed by atoms with Crippen molar-refractivity contribution in [2.24, 2.45) is 5.73 Å². The summed E-state index contributed by atoms with van der Waals surface area (Å²) in [6, 6.07) is 5.99. The Balaban J connectivity index is 2.22. The third-order valence-electron chi connectivity index (χ3n) is 3.61. The van der Waals surface area contributed by atoms with Gasteiger partial charge in [0.05, 0.1) is 24.9 Å². The predicted octanol–water partition coefficient (Wildman–Crippen LogP) is 3.06. The van der Waals surface area contributed by atoms with Gasteiger partial charge in [-0.1, -0.05) is 6.07 Å². The molecular formula is C16H22N2O2S. The fourth-order valence-corrected chi connectivity index (χ4v) is 3.27. The van der Waals surface area contributed by atoms with Crippen molar-refractivity contribution in [2.75, 3.05) is 20.8 Å². The van der Waals surface area contributed by atoms with Gasteiger partial charge in [0.1, 0.15) is 0 Å². The van der Waals surface area contributed by atoms with Crippen LogP contribution in [0.4, 0.5) is 0 Å². The Labute approximate surface area is 129 Å². The average molecular weight is 306 g/mol. The second-order valence-corrected chi connectivity index (χ2v) is 6.25. The minimum absolute atomic E-state index is 0.237. The normalized spacial score (nSPS) is 12.2. The summed E-state index contributed by atoms with van der Waals surface area (Å²) in [5, 5.41) is 1.11. The van der Waals surface area contributed by atoms with E-state index < -0.39 is 0 Å². The minimum Gasteiger partial charge on any atom is -0.493 e. The van der Waals surface area contributed by atoms with Crippen molar-refractivity contribution < 1.29 is 9.47 Å². The summed E-state index contributed by atoms with van der Waals surface area (Å²) in [6.45, 7) is 4.72. The highest BCUT2D eigenvalue weighted by molar-refractivity contribution is 7.11. The van der Waals surface area contributed by atoms with Crippen LogP contribution in [0.5, 0.6) is 11.5 Å². The molecule has 2 aromatic rings. The first-order chi connectivity index (χ1) is 10.1. The number of nitrogens with two attached hydrogens (primary N) is 1.